The van der Waals surface area contributed by atoms with Crippen molar-refractivity contribution in [1.82, 2.24) is 4.90 Å². The van der Waals surface area contributed by atoms with Gasteiger partial charge in [0, 0.05) is 32.7 Å². The van der Waals surface area contributed by atoms with Crippen LogP contribution in [0, 0.1) is 17.6 Å². The van der Waals surface area contributed by atoms with Gasteiger partial charge in [0.2, 0.25) is 0 Å². The summed E-state index contributed by atoms with van der Waals surface area (Å²) >= 11 is 0. The van der Waals surface area contributed by atoms with Gasteiger partial charge in [-0.2, -0.15) is 0 Å². The first-order chi connectivity index (χ1) is 14.9. The number of aliphatic hydroxyl groups excluding tert-OH is 1. The smallest absolute Gasteiger partial charge is 0.145 e. The van der Waals surface area contributed by atoms with Gasteiger partial charge in [0.25, 0.3) is 0 Å². The third-order valence-electron chi connectivity index (χ3n) is 4.90. The summed E-state index contributed by atoms with van der Waals surface area (Å²) in [5.74, 6) is -0.198. The summed E-state index contributed by atoms with van der Waals surface area (Å²) in [6.07, 6.45) is -0.311. The molecule has 0 amide bonds. The Balaban J connectivity index is 1.60. The highest BCUT2D eigenvalue weighted by molar-refractivity contribution is 6.01. The molecule has 2 aromatic carbocycles. The van der Waals surface area contributed by atoms with Gasteiger partial charge in [0.05, 0.1) is 18.4 Å². The lowest BCUT2D eigenvalue weighted by Gasteiger charge is -2.27. The fourth-order valence-corrected chi connectivity index (χ4v) is 3.51. The molecule has 0 bridgehead atoms. The molecule has 1 N–H and O–H groups in total. The fourth-order valence-electron chi connectivity index (χ4n) is 3.51. The summed E-state index contributed by atoms with van der Waals surface area (Å²) in [5.41, 5.74) is 2.40. The Morgan fingerprint density at radius 3 is 2.61 bits per heavy atom. The van der Waals surface area contributed by atoms with Crippen molar-refractivity contribution < 1.29 is 23.5 Å². The molecule has 1 aliphatic heterocycles. The normalized spacial score (nSPS) is 17.1. The molecule has 0 unspecified atom stereocenters. The molecule has 2 aromatic rings. The van der Waals surface area contributed by atoms with Crippen molar-refractivity contribution in [3.05, 3.63) is 71.3 Å². The van der Waals surface area contributed by atoms with Crippen LogP contribution in [0.15, 0.2) is 53.7 Å². The van der Waals surface area contributed by atoms with E-state index in [0.29, 0.717) is 38.6 Å². The van der Waals surface area contributed by atoms with Crippen molar-refractivity contribution in [2.75, 3.05) is 26.3 Å². The van der Waals surface area contributed by atoms with Gasteiger partial charge in [-0.15, -0.1) is 0 Å². The highest BCUT2D eigenvalue weighted by Crippen LogP contribution is 2.19. The van der Waals surface area contributed by atoms with Crippen LogP contribution in [0.5, 0.6) is 0 Å². The van der Waals surface area contributed by atoms with E-state index >= 15 is 0 Å². The zero-order valence-electron chi connectivity index (χ0n) is 18.0. The van der Waals surface area contributed by atoms with Crippen LogP contribution in [0.3, 0.4) is 0 Å². The number of hydrogen-bond acceptors (Lipinski definition) is 5. The summed E-state index contributed by atoms with van der Waals surface area (Å²) in [6, 6.07) is 12.6. The molecule has 5 nitrogen and oxygen atoms in total. The number of halogens is 2. The SMILES string of the molecule is CC(C)COC[C@H](O)CN(Cc1cccc(F)c1)C[C@@H]1CC(c2ccc(F)cc2)=NO1. The zero-order valence-corrected chi connectivity index (χ0v) is 18.0. The van der Waals surface area contributed by atoms with Gasteiger partial charge in [0.1, 0.15) is 17.7 Å². The molecule has 0 radical (unpaired) electrons. The summed E-state index contributed by atoms with van der Waals surface area (Å²) in [6.45, 7) is 6.26. The standard InChI is InChI=1S/C24H30F2N2O3/c1-17(2)15-30-16-22(29)13-28(12-18-4-3-5-21(26)10-18)14-23-11-24(27-31-23)19-6-8-20(25)9-7-19/h3-10,17,22-23,29H,11-16H2,1-2H3/t22-,23+/m1/s1. The average Bonchev–Trinajstić information content (AvgIpc) is 3.16. The highest BCUT2D eigenvalue weighted by atomic mass is 19.1. The van der Waals surface area contributed by atoms with Crippen LogP contribution >= 0.6 is 0 Å². The van der Waals surface area contributed by atoms with E-state index in [1.54, 1.807) is 18.2 Å². The van der Waals surface area contributed by atoms with Crippen LogP contribution < -0.4 is 0 Å². The van der Waals surface area contributed by atoms with Crippen molar-refractivity contribution in [2.45, 2.75) is 39.0 Å². The first-order valence-corrected chi connectivity index (χ1v) is 10.6. The summed E-state index contributed by atoms with van der Waals surface area (Å²) in [5, 5.41) is 14.6. The molecule has 0 aromatic heterocycles. The third kappa shape index (κ3) is 7.69. The molecular weight excluding hydrogens is 402 g/mol. The van der Waals surface area contributed by atoms with E-state index in [1.807, 2.05) is 11.0 Å². The molecule has 1 aliphatic rings. The molecule has 7 heteroatoms. The number of nitrogens with zero attached hydrogens (tertiary/aromatic N) is 2. The van der Waals surface area contributed by atoms with Gasteiger partial charge in [0.15, 0.2) is 0 Å². The fraction of sp³-hybridized carbons (Fsp3) is 0.458. The number of rotatable bonds is 11. The molecule has 168 valence electrons. The van der Waals surface area contributed by atoms with Gasteiger partial charge in [-0.05, 0) is 41.3 Å². The Morgan fingerprint density at radius 2 is 1.90 bits per heavy atom. The van der Waals surface area contributed by atoms with Gasteiger partial charge in [-0.1, -0.05) is 43.3 Å². The summed E-state index contributed by atoms with van der Waals surface area (Å²) in [4.78, 5) is 7.62. The molecule has 0 spiro atoms. The third-order valence-corrected chi connectivity index (χ3v) is 4.90. The number of aliphatic hydroxyl groups is 1. The minimum atomic E-state index is -0.675. The van der Waals surface area contributed by atoms with Crippen molar-refractivity contribution in [3.63, 3.8) is 0 Å². The van der Waals surface area contributed by atoms with E-state index in [9.17, 15) is 13.9 Å². The van der Waals surface area contributed by atoms with Crippen LogP contribution in [0.1, 0.15) is 31.4 Å². The molecule has 0 fully saturated rings. The van der Waals surface area contributed by atoms with Crippen LogP contribution in [-0.4, -0.2) is 54.2 Å². The molecule has 0 aliphatic carbocycles. The van der Waals surface area contributed by atoms with Crippen LogP contribution in [0.25, 0.3) is 0 Å². The zero-order chi connectivity index (χ0) is 22.2. The van der Waals surface area contributed by atoms with Crippen molar-refractivity contribution in [2.24, 2.45) is 11.1 Å². The maximum Gasteiger partial charge on any atom is 0.145 e. The maximum atomic E-state index is 13.6. The first kappa shape index (κ1) is 23.3. The number of hydrogen-bond donors (Lipinski definition) is 1. The molecular formula is C24H30F2N2O3. The predicted octanol–water partition coefficient (Wildman–Crippen LogP) is 3.99. The Kier molecular flexibility index (Phi) is 8.51. The number of oxime groups is 1. The van der Waals surface area contributed by atoms with E-state index in [0.717, 1.165) is 16.8 Å². The highest BCUT2D eigenvalue weighted by Gasteiger charge is 2.26. The second-order valence-electron chi connectivity index (χ2n) is 8.39. The summed E-state index contributed by atoms with van der Waals surface area (Å²) < 4.78 is 32.4. The van der Waals surface area contributed by atoms with Crippen LogP contribution in [0.2, 0.25) is 0 Å². The number of ether oxygens (including phenoxy) is 1. The van der Waals surface area contributed by atoms with Crippen LogP contribution in [-0.2, 0) is 16.1 Å². The minimum Gasteiger partial charge on any atom is -0.390 e. The lowest BCUT2D eigenvalue weighted by Crippen LogP contribution is -2.39. The van der Waals surface area contributed by atoms with Gasteiger partial charge in [-0.3, -0.25) is 4.90 Å². The summed E-state index contributed by atoms with van der Waals surface area (Å²) in [7, 11) is 0. The second-order valence-corrected chi connectivity index (χ2v) is 8.39. The van der Waals surface area contributed by atoms with Crippen LogP contribution in [0.4, 0.5) is 8.78 Å². The van der Waals surface area contributed by atoms with Crippen molar-refractivity contribution in [3.8, 4) is 0 Å². The molecule has 0 saturated carbocycles. The van der Waals surface area contributed by atoms with E-state index in [-0.39, 0.29) is 24.3 Å². The maximum absolute atomic E-state index is 13.6. The molecule has 31 heavy (non-hydrogen) atoms. The van der Waals surface area contributed by atoms with E-state index in [1.165, 1.54) is 24.3 Å². The average molecular weight is 433 g/mol. The molecule has 2 atom stereocenters. The van der Waals surface area contributed by atoms with Gasteiger partial charge in [-0.25, -0.2) is 8.78 Å². The predicted molar refractivity (Wildman–Crippen MR) is 116 cm³/mol. The van der Waals surface area contributed by atoms with E-state index in [2.05, 4.69) is 19.0 Å². The lowest BCUT2D eigenvalue weighted by molar-refractivity contribution is -0.00735. The Labute approximate surface area is 182 Å². The minimum absolute atomic E-state index is 0.211. The second kappa shape index (κ2) is 11.3. The Hall–Kier alpha value is -2.35. The van der Waals surface area contributed by atoms with E-state index < -0.39 is 6.10 Å². The van der Waals surface area contributed by atoms with Crippen molar-refractivity contribution in [1.29, 1.82) is 0 Å². The monoisotopic (exact) mass is 432 g/mol. The number of benzene rings is 2. The molecule has 3 rings (SSSR count). The van der Waals surface area contributed by atoms with Crippen molar-refractivity contribution >= 4 is 5.71 Å². The molecule has 0 saturated heterocycles. The quantitative estimate of drug-likeness (QED) is 0.583. The Bertz CT molecular complexity index is 858. The van der Waals surface area contributed by atoms with Gasteiger partial charge < -0.3 is 14.7 Å². The topological polar surface area (TPSA) is 54.3 Å². The lowest BCUT2D eigenvalue weighted by atomic mass is 10.0. The largest absolute Gasteiger partial charge is 0.390 e. The Morgan fingerprint density at radius 1 is 1.13 bits per heavy atom. The molecule has 1 heterocycles. The van der Waals surface area contributed by atoms with E-state index in [4.69, 9.17) is 9.57 Å². The van der Waals surface area contributed by atoms with Gasteiger partial charge >= 0.3 is 0 Å². The first-order valence-electron chi connectivity index (χ1n) is 10.6.